The predicted octanol–water partition coefficient (Wildman–Crippen LogP) is 2.52. The Kier molecular flexibility index (Phi) is 4.37. The minimum absolute atomic E-state index is 0.0809. The molecule has 0 radical (unpaired) electrons. The number of nitrogens with one attached hydrogen (secondary N) is 1. The monoisotopic (exact) mass is 349 g/mol. The number of hydrogen-bond donors (Lipinski definition) is 1. The molecular formula is C21H23N3O2. The van der Waals surface area contributed by atoms with Gasteiger partial charge in [-0.05, 0) is 30.7 Å². The third-order valence-corrected chi connectivity index (χ3v) is 5.30. The summed E-state index contributed by atoms with van der Waals surface area (Å²) in [5.74, 6) is 0.0261. The second-order valence-electron chi connectivity index (χ2n) is 7.02. The number of aryl methyl sites for hydroxylation is 1. The summed E-state index contributed by atoms with van der Waals surface area (Å²) in [7, 11) is 0. The summed E-state index contributed by atoms with van der Waals surface area (Å²) >= 11 is 0. The molecule has 2 aromatic rings. The quantitative estimate of drug-likeness (QED) is 0.926. The lowest BCUT2D eigenvalue weighted by Crippen LogP contribution is -2.49. The van der Waals surface area contributed by atoms with Crippen LogP contribution in [0.4, 0.5) is 5.69 Å². The number of rotatable bonds is 3. The Labute approximate surface area is 153 Å². The molecule has 1 saturated heterocycles. The zero-order chi connectivity index (χ0) is 18.1. The Morgan fingerprint density at radius 1 is 1.04 bits per heavy atom. The van der Waals surface area contributed by atoms with Gasteiger partial charge < -0.3 is 15.1 Å². The second-order valence-corrected chi connectivity index (χ2v) is 7.02. The standard InChI is InChI=1S/C21H23N3O2/c1-15-6-8-16(9-7-15)23-10-12-24(13-11-23)20(25)14-19-17-4-2-3-5-18(17)21(26)22-19/h2-9,19H,10-14H2,1H3,(H,22,26)/t19-/m0/s1. The SMILES string of the molecule is Cc1ccc(N2CCN(C(=O)C[C@@H]3NC(=O)c4ccccc43)CC2)cc1. The number of piperazine rings is 1. The van der Waals surface area contributed by atoms with E-state index in [1.165, 1.54) is 11.3 Å². The van der Waals surface area contributed by atoms with Gasteiger partial charge in [0.1, 0.15) is 0 Å². The van der Waals surface area contributed by atoms with E-state index >= 15 is 0 Å². The van der Waals surface area contributed by atoms with Crippen LogP contribution in [0.3, 0.4) is 0 Å². The minimum Gasteiger partial charge on any atom is -0.368 e. The first-order valence-electron chi connectivity index (χ1n) is 9.11. The summed E-state index contributed by atoms with van der Waals surface area (Å²) in [6.07, 6.45) is 0.327. The average Bonchev–Trinajstić information content (AvgIpc) is 2.98. The number of nitrogens with zero attached hydrogens (tertiary/aromatic N) is 2. The van der Waals surface area contributed by atoms with Gasteiger partial charge in [0.15, 0.2) is 0 Å². The normalized spacial score (nSPS) is 19.3. The van der Waals surface area contributed by atoms with E-state index in [9.17, 15) is 9.59 Å². The third-order valence-electron chi connectivity index (χ3n) is 5.30. The Morgan fingerprint density at radius 2 is 1.73 bits per heavy atom. The van der Waals surface area contributed by atoms with E-state index in [0.717, 1.165) is 31.7 Å². The maximum absolute atomic E-state index is 12.7. The van der Waals surface area contributed by atoms with Crippen molar-refractivity contribution in [3.8, 4) is 0 Å². The van der Waals surface area contributed by atoms with Gasteiger partial charge in [0.2, 0.25) is 5.91 Å². The number of anilines is 1. The largest absolute Gasteiger partial charge is 0.368 e. The van der Waals surface area contributed by atoms with E-state index in [-0.39, 0.29) is 17.9 Å². The first-order valence-corrected chi connectivity index (χ1v) is 9.11. The van der Waals surface area contributed by atoms with Gasteiger partial charge in [0.25, 0.3) is 5.91 Å². The zero-order valence-electron chi connectivity index (χ0n) is 14.9. The summed E-state index contributed by atoms with van der Waals surface area (Å²) in [5.41, 5.74) is 4.08. The van der Waals surface area contributed by atoms with Gasteiger partial charge >= 0.3 is 0 Å². The van der Waals surface area contributed by atoms with Gasteiger partial charge in [0.05, 0.1) is 12.5 Å². The molecule has 2 aromatic carbocycles. The Balaban J connectivity index is 1.36. The van der Waals surface area contributed by atoms with Crippen LogP contribution in [-0.2, 0) is 4.79 Å². The van der Waals surface area contributed by atoms with Gasteiger partial charge in [-0.25, -0.2) is 0 Å². The van der Waals surface area contributed by atoms with E-state index in [1.807, 2.05) is 29.2 Å². The summed E-state index contributed by atoms with van der Waals surface area (Å²) < 4.78 is 0. The zero-order valence-corrected chi connectivity index (χ0v) is 14.9. The van der Waals surface area contributed by atoms with Gasteiger partial charge in [-0.2, -0.15) is 0 Å². The lowest BCUT2D eigenvalue weighted by atomic mass is 10.0. The first kappa shape index (κ1) is 16.6. The molecule has 2 amide bonds. The van der Waals surface area contributed by atoms with Crippen LogP contribution in [-0.4, -0.2) is 42.9 Å². The van der Waals surface area contributed by atoms with E-state index in [2.05, 4.69) is 41.4 Å². The van der Waals surface area contributed by atoms with Crippen molar-refractivity contribution in [2.45, 2.75) is 19.4 Å². The molecule has 0 bridgehead atoms. The molecule has 2 heterocycles. The maximum atomic E-state index is 12.7. The van der Waals surface area contributed by atoms with Crippen molar-refractivity contribution in [3.63, 3.8) is 0 Å². The molecule has 26 heavy (non-hydrogen) atoms. The van der Waals surface area contributed by atoms with Crippen molar-refractivity contribution in [1.29, 1.82) is 0 Å². The number of carbonyl (C=O) groups is 2. The molecule has 1 fully saturated rings. The van der Waals surface area contributed by atoms with Crippen LogP contribution in [0.25, 0.3) is 0 Å². The van der Waals surface area contributed by atoms with Crippen LogP contribution in [0.15, 0.2) is 48.5 Å². The summed E-state index contributed by atoms with van der Waals surface area (Å²) in [4.78, 5) is 29.0. The molecular weight excluding hydrogens is 326 g/mol. The molecule has 1 atom stereocenters. The Bertz CT molecular complexity index is 823. The minimum atomic E-state index is -0.207. The fourth-order valence-electron chi connectivity index (χ4n) is 3.76. The highest BCUT2D eigenvalue weighted by Gasteiger charge is 2.31. The predicted molar refractivity (Wildman–Crippen MR) is 101 cm³/mol. The fraction of sp³-hybridized carbons (Fsp3) is 0.333. The van der Waals surface area contributed by atoms with Gasteiger partial charge in [-0.15, -0.1) is 0 Å². The summed E-state index contributed by atoms with van der Waals surface area (Å²) in [6, 6.07) is 15.8. The van der Waals surface area contributed by atoms with Crippen LogP contribution >= 0.6 is 0 Å². The van der Waals surface area contributed by atoms with Gasteiger partial charge in [0, 0.05) is 37.4 Å². The van der Waals surface area contributed by atoms with Gasteiger partial charge in [-0.1, -0.05) is 35.9 Å². The van der Waals surface area contributed by atoms with E-state index in [4.69, 9.17) is 0 Å². The third kappa shape index (κ3) is 3.17. The highest BCUT2D eigenvalue weighted by atomic mass is 16.2. The average molecular weight is 349 g/mol. The first-order chi connectivity index (χ1) is 12.6. The Morgan fingerprint density at radius 3 is 2.46 bits per heavy atom. The molecule has 0 saturated carbocycles. The van der Waals surface area contributed by atoms with Gasteiger partial charge in [-0.3, -0.25) is 9.59 Å². The molecule has 1 N–H and O–H groups in total. The van der Waals surface area contributed by atoms with Crippen LogP contribution in [0.2, 0.25) is 0 Å². The number of hydrogen-bond acceptors (Lipinski definition) is 3. The molecule has 0 aromatic heterocycles. The van der Waals surface area contributed by atoms with Crippen molar-refractivity contribution in [3.05, 3.63) is 65.2 Å². The summed E-state index contributed by atoms with van der Waals surface area (Å²) in [6.45, 7) is 5.19. The molecule has 5 heteroatoms. The summed E-state index contributed by atoms with van der Waals surface area (Å²) in [5, 5.41) is 2.93. The molecule has 0 unspecified atom stereocenters. The molecule has 0 spiro atoms. The van der Waals surface area contributed by atoms with Crippen molar-refractivity contribution >= 4 is 17.5 Å². The lowest BCUT2D eigenvalue weighted by Gasteiger charge is -2.36. The number of amides is 2. The molecule has 134 valence electrons. The van der Waals surface area contributed by atoms with Crippen molar-refractivity contribution in [2.24, 2.45) is 0 Å². The number of fused-ring (bicyclic) bond motifs is 1. The van der Waals surface area contributed by atoms with Crippen molar-refractivity contribution < 1.29 is 9.59 Å². The smallest absolute Gasteiger partial charge is 0.252 e. The lowest BCUT2D eigenvalue weighted by molar-refractivity contribution is -0.132. The van der Waals surface area contributed by atoms with Crippen LogP contribution in [0, 0.1) is 6.92 Å². The second kappa shape index (κ2) is 6.83. The van der Waals surface area contributed by atoms with E-state index < -0.39 is 0 Å². The van der Waals surface area contributed by atoms with Crippen LogP contribution in [0.1, 0.15) is 33.9 Å². The molecule has 2 aliphatic heterocycles. The molecule has 4 rings (SSSR count). The van der Waals surface area contributed by atoms with Crippen LogP contribution < -0.4 is 10.2 Å². The van der Waals surface area contributed by atoms with E-state index in [0.29, 0.717) is 12.0 Å². The van der Waals surface area contributed by atoms with E-state index in [1.54, 1.807) is 0 Å². The fourth-order valence-corrected chi connectivity index (χ4v) is 3.76. The topological polar surface area (TPSA) is 52.6 Å². The van der Waals surface area contributed by atoms with Crippen LogP contribution in [0.5, 0.6) is 0 Å². The Hall–Kier alpha value is -2.82. The highest BCUT2D eigenvalue weighted by Crippen LogP contribution is 2.28. The maximum Gasteiger partial charge on any atom is 0.252 e. The molecule has 5 nitrogen and oxygen atoms in total. The molecule has 0 aliphatic carbocycles. The van der Waals surface area contributed by atoms with Crippen molar-refractivity contribution in [2.75, 3.05) is 31.1 Å². The number of benzene rings is 2. The molecule has 2 aliphatic rings. The number of carbonyl (C=O) groups excluding carboxylic acids is 2. The van der Waals surface area contributed by atoms with Crippen molar-refractivity contribution in [1.82, 2.24) is 10.2 Å². The highest BCUT2D eigenvalue weighted by molar-refractivity contribution is 5.99.